The van der Waals surface area contributed by atoms with Crippen molar-refractivity contribution in [2.75, 3.05) is 9.80 Å². The maximum atomic E-state index is 2.44. The van der Waals surface area contributed by atoms with Crippen molar-refractivity contribution in [1.82, 2.24) is 0 Å². The number of aryl methyl sites for hydroxylation is 2. The number of anilines is 6. The molecule has 0 bridgehead atoms. The van der Waals surface area contributed by atoms with Crippen molar-refractivity contribution >= 4 is 77.2 Å². The first-order chi connectivity index (χ1) is 30.6. The molecule has 0 radical (unpaired) electrons. The molecular formula is C60H44N2. The number of hydrogen-bond donors (Lipinski definition) is 0. The summed E-state index contributed by atoms with van der Waals surface area (Å²) in [4.78, 5) is 4.79. The Bertz CT molecular complexity index is 3360. The highest BCUT2D eigenvalue weighted by atomic mass is 15.1. The van der Waals surface area contributed by atoms with Crippen LogP contribution >= 0.6 is 0 Å². The topological polar surface area (TPSA) is 6.48 Å². The third-order valence-corrected chi connectivity index (χ3v) is 12.2. The van der Waals surface area contributed by atoms with E-state index in [1.807, 2.05) is 0 Å². The van der Waals surface area contributed by atoms with Crippen LogP contribution in [0.3, 0.4) is 0 Å². The number of rotatable bonds is 8. The van der Waals surface area contributed by atoms with Crippen LogP contribution in [0, 0.1) is 13.8 Å². The maximum absolute atomic E-state index is 2.44. The summed E-state index contributed by atoms with van der Waals surface area (Å²) in [5, 5.41) is 9.70. The third kappa shape index (κ3) is 6.63. The summed E-state index contributed by atoms with van der Waals surface area (Å²) < 4.78 is 0. The summed E-state index contributed by atoms with van der Waals surface area (Å²) in [5.74, 6) is 0. The van der Waals surface area contributed by atoms with E-state index < -0.39 is 0 Å². The average molecular weight is 793 g/mol. The monoisotopic (exact) mass is 792 g/mol. The van der Waals surface area contributed by atoms with Crippen molar-refractivity contribution in [3.63, 3.8) is 0 Å². The smallest absolute Gasteiger partial charge is 0.0540 e. The molecule has 0 atom stereocenters. The second-order valence-electron chi connectivity index (χ2n) is 16.3. The molecule has 0 unspecified atom stereocenters. The van der Waals surface area contributed by atoms with Crippen LogP contribution in [0.15, 0.2) is 231 Å². The second-order valence-corrected chi connectivity index (χ2v) is 16.3. The molecule has 0 aliphatic rings. The van der Waals surface area contributed by atoms with E-state index in [2.05, 4.69) is 254 Å². The molecule has 0 spiro atoms. The second kappa shape index (κ2) is 15.6. The molecule has 0 aliphatic carbocycles. The summed E-state index contributed by atoms with van der Waals surface area (Å²) in [6.07, 6.45) is 0. The van der Waals surface area contributed by atoms with Crippen molar-refractivity contribution < 1.29 is 0 Å². The summed E-state index contributed by atoms with van der Waals surface area (Å²) in [7, 11) is 0. The quantitative estimate of drug-likeness (QED) is 0.141. The lowest BCUT2D eigenvalue weighted by Crippen LogP contribution is -2.10. The van der Waals surface area contributed by atoms with E-state index in [4.69, 9.17) is 0 Å². The fraction of sp³-hybridized carbons (Fsp3) is 0.0333. The standard InChI is InChI=1S/C60H44N2/c1-41-35-42(2)37-47(36-41)60-55-34-32-52(62(50-25-10-5-11-26-50)58-28-16-20-44-18-14-15-27-53(44)58)40-56(55)59(46-30-29-43-17-12-13-19-45(43)38-46)54-33-31-51(39-57(54)60)61(48-21-6-3-7-22-48)49-23-8-4-9-24-49/h3-40H,1-2H3. The van der Waals surface area contributed by atoms with E-state index in [0.29, 0.717) is 0 Å². The lowest BCUT2D eigenvalue weighted by atomic mass is 9.84. The van der Waals surface area contributed by atoms with E-state index >= 15 is 0 Å². The van der Waals surface area contributed by atoms with Crippen molar-refractivity contribution in [2.45, 2.75) is 13.8 Å². The van der Waals surface area contributed by atoms with Gasteiger partial charge in [-0.15, -0.1) is 0 Å². The minimum atomic E-state index is 1.10. The number of benzene rings is 11. The van der Waals surface area contributed by atoms with Gasteiger partial charge in [0.2, 0.25) is 0 Å². The molecule has 0 amide bonds. The molecule has 0 heterocycles. The van der Waals surface area contributed by atoms with Gasteiger partial charge in [0, 0.05) is 33.8 Å². The van der Waals surface area contributed by atoms with Crippen LogP contribution in [0.5, 0.6) is 0 Å². The highest BCUT2D eigenvalue weighted by molar-refractivity contribution is 6.23. The van der Waals surface area contributed by atoms with Gasteiger partial charge in [0.25, 0.3) is 0 Å². The zero-order chi connectivity index (χ0) is 41.6. The van der Waals surface area contributed by atoms with E-state index in [0.717, 1.165) is 34.1 Å². The van der Waals surface area contributed by atoms with Gasteiger partial charge in [-0.2, -0.15) is 0 Å². The third-order valence-electron chi connectivity index (χ3n) is 12.2. The summed E-state index contributed by atoms with van der Waals surface area (Å²) >= 11 is 0. The number of hydrogen-bond acceptors (Lipinski definition) is 2. The van der Waals surface area contributed by atoms with Gasteiger partial charge in [-0.1, -0.05) is 169 Å². The van der Waals surface area contributed by atoms with Crippen LogP contribution in [0.25, 0.3) is 65.3 Å². The summed E-state index contributed by atoms with van der Waals surface area (Å²) in [6.45, 7) is 4.42. The minimum absolute atomic E-state index is 1.10. The first kappa shape index (κ1) is 37.1. The molecule has 0 fully saturated rings. The molecule has 11 aromatic rings. The van der Waals surface area contributed by atoms with Crippen LogP contribution in [0.1, 0.15) is 11.1 Å². The van der Waals surface area contributed by atoms with Gasteiger partial charge in [-0.3, -0.25) is 0 Å². The predicted molar refractivity (Wildman–Crippen MR) is 266 cm³/mol. The van der Waals surface area contributed by atoms with Gasteiger partial charge in [0.15, 0.2) is 0 Å². The van der Waals surface area contributed by atoms with Crippen molar-refractivity contribution in [2.24, 2.45) is 0 Å². The first-order valence-electron chi connectivity index (χ1n) is 21.4. The Labute approximate surface area is 363 Å². The predicted octanol–water partition coefficient (Wildman–Crippen LogP) is 17.2. The van der Waals surface area contributed by atoms with Gasteiger partial charge < -0.3 is 9.80 Å². The molecule has 0 N–H and O–H groups in total. The Kier molecular flexibility index (Phi) is 9.32. The SMILES string of the molecule is Cc1cc(C)cc(-c2c3ccc(N(c4ccccc4)c4cccc5ccccc45)cc3c(-c3ccc4ccccc4c3)c3ccc(N(c4ccccc4)c4ccccc4)cc23)c1. The van der Waals surface area contributed by atoms with Crippen LogP contribution in [0.4, 0.5) is 34.1 Å². The lowest BCUT2D eigenvalue weighted by molar-refractivity contribution is 1.29. The summed E-state index contributed by atoms with van der Waals surface area (Å²) in [6, 6.07) is 84.4. The van der Waals surface area contributed by atoms with Crippen LogP contribution in [-0.4, -0.2) is 0 Å². The van der Waals surface area contributed by atoms with Gasteiger partial charge in [0.05, 0.1) is 5.69 Å². The zero-order valence-electron chi connectivity index (χ0n) is 34.8. The molecule has 62 heavy (non-hydrogen) atoms. The maximum Gasteiger partial charge on any atom is 0.0540 e. The number of nitrogens with zero attached hydrogens (tertiary/aromatic N) is 2. The van der Waals surface area contributed by atoms with Crippen molar-refractivity contribution in [1.29, 1.82) is 0 Å². The molecule has 294 valence electrons. The van der Waals surface area contributed by atoms with Gasteiger partial charge >= 0.3 is 0 Å². The molecule has 0 aromatic heterocycles. The fourth-order valence-corrected chi connectivity index (χ4v) is 9.58. The number of para-hydroxylation sites is 3. The van der Waals surface area contributed by atoms with E-state index in [1.165, 1.54) is 76.5 Å². The average Bonchev–Trinajstić information content (AvgIpc) is 3.31. The Hall–Kier alpha value is -7.94. The highest BCUT2D eigenvalue weighted by Crippen LogP contribution is 2.49. The molecule has 11 rings (SSSR count). The molecule has 2 nitrogen and oxygen atoms in total. The van der Waals surface area contributed by atoms with Gasteiger partial charge in [-0.25, -0.2) is 0 Å². The highest BCUT2D eigenvalue weighted by Gasteiger charge is 2.23. The molecule has 0 saturated carbocycles. The summed E-state index contributed by atoms with van der Waals surface area (Å²) in [5.41, 5.74) is 14.0. The van der Waals surface area contributed by atoms with Gasteiger partial charge in [-0.05, 0) is 147 Å². The van der Waals surface area contributed by atoms with Crippen molar-refractivity contribution in [3.8, 4) is 22.3 Å². The Morgan fingerprint density at radius 1 is 0.258 bits per heavy atom. The molecule has 0 saturated heterocycles. The molecular weight excluding hydrogens is 749 g/mol. The Balaban J connectivity index is 1.27. The van der Waals surface area contributed by atoms with E-state index in [1.54, 1.807) is 0 Å². The fourth-order valence-electron chi connectivity index (χ4n) is 9.58. The number of fused-ring (bicyclic) bond motifs is 4. The van der Waals surface area contributed by atoms with Gasteiger partial charge in [0.1, 0.15) is 0 Å². The Morgan fingerprint density at radius 3 is 1.35 bits per heavy atom. The molecule has 2 heteroatoms. The van der Waals surface area contributed by atoms with Crippen LogP contribution in [-0.2, 0) is 0 Å². The Morgan fingerprint density at radius 2 is 0.742 bits per heavy atom. The zero-order valence-corrected chi connectivity index (χ0v) is 34.8. The van der Waals surface area contributed by atoms with Crippen molar-refractivity contribution in [3.05, 3.63) is 242 Å². The largest absolute Gasteiger partial charge is 0.310 e. The van der Waals surface area contributed by atoms with Crippen LogP contribution < -0.4 is 9.80 Å². The van der Waals surface area contributed by atoms with E-state index in [9.17, 15) is 0 Å². The normalized spacial score (nSPS) is 11.4. The minimum Gasteiger partial charge on any atom is -0.310 e. The molecule has 11 aromatic carbocycles. The lowest BCUT2D eigenvalue weighted by Gasteiger charge is -2.29. The first-order valence-corrected chi connectivity index (χ1v) is 21.4. The van der Waals surface area contributed by atoms with E-state index in [-0.39, 0.29) is 0 Å². The van der Waals surface area contributed by atoms with Crippen LogP contribution in [0.2, 0.25) is 0 Å². The molecule has 0 aliphatic heterocycles.